The van der Waals surface area contributed by atoms with Crippen molar-refractivity contribution >= 4 is 6.29 Å². The number of ether oxygens (including phenoxy) is 2. The minimum absolute atomic E-state index is 0.221. The Morgan fingerprint density at radius 1 is 1.19 bits per heavy atom. The lowest BCUT2D eigenvalue weighted by atomic mass is 9.97. The number of aldehydes is 1. The maximum absolute atomic E-state index is 10.9. The van der Waals surface area contributed by atoms with Gasteiger partial charge in [0.05, 0.1) is 5.41 Å². The van der Waals surface area contributed by atoms with E-state index in [2.05, 4.69) is 0 Å². The normalized spacial score (nSPS) is 18.4. The van der Waals surface area contributed by atoms with Gasteiger partial charge in [-0.15, -0.1) is 0 Å². The average Bonchev–Trinajstić information content (AvgIpc) is 3.02. The molecule has 0 N–H and O–H groups in total. The van der Waals surface area contributed by atoms with Crippen LogP contribution < -0.4 is 9.47 Å². The van der Waals surface area contributed by atoms with Crippen molar-refractivity contribution in [2.45, 2.75) is 32.1 Å². The third kappa shape index (κ3) is 1.66. The summed E-state index contributed by atoms with van der Waals surface area (Å²) in [4.78, 5) is 10.9. The van der Waals surface area contributed by atoms with Gasteiger partial charge in [-0.25, -0.2) is 0 Å². The molecule has 3 heteroatoms. The lowest BCUT2D eigenvalue weighted by Gasteiger charge is -2.07. The molecule has 1 aliphatic heterocycles. The molecule has 0 spiro atoms. The van der Waals surface area contributed by atoms with Crippen LogP contribution in [-0.2, 0) is 10.2 Å². The van der Waals surface area contributed by atoms with Gasteiger partial charge in [-0.2, -0.15) is 0 Å². The molecule has 0 atom stereocenters. The minimum atomic E-state index is -0.221. The van der Waals surface area contributed by atoms with E-state index in [-0.39, 0.29) is 12.2 Å². The van der Waals surface area contributed by atoms with E-state index >= 15 is 0 Å². The average molecular weight is 220 g/mol. The summed E-state index contributed by atoms with van der Waals surface area (Å²) in [5.74, 6) is 1.53. The Morgan fingerprint density at radius 3 is 2.50 bits per heavy atom. The summed E-state index contributed by atoms with van der Waals surface area (Å²) in [5.41, 5.74) is 0.831. The Labute approximate surface area is 95.4 Å². The predicted molar refractivity (Wildman–Crippen MR) is 60.9 cm³/mol. The molecule has 0 unspecified atom stereocenters. The van der Waals surface area contributed by atoms with Gasteiger partial charge in [-0.05, 0) is 30.5 Å². The van der Waals surface area contributed by atoms with Crippen molar-refractivity contribution in [1.29, 1.82) is 0 Å². The van der Waals surface area contributed by atoms with E-state index in [1.165, 1.54) is 0 Å². The van der Waals surface area contributed by atoms with Crippen molar-refractivity contribution in [3.63, 3.8) is 0 Å². The number of fused-ring (bicyclic) bond motifs is 1. The topological polar surface area (TPSA) is 35.5 Å². The van der Waals surface area contributed by atoms with Crippen LogP contribution in [0.25, 0.3) is 0 Å². The van der Waals surface area contributed by atoms with E-state index in [0.29, 0.717) is 0 Å². The summed E-state index contributed by atoms with van der Waals surface area (Å²) in [5, 5.41) is 0. The molecule has 0 bridgehead atoms. The van der Waals surface area contributed by atoms with Crippen molar-refractivity contribution in [3.8, 4) is 11.5 Å². The van der Waals surface area contributed by atoms with E-state index < -0.39 is 0 Å². The van der Waals surface area contributed by atoms with Crippen LogP contribution in [0.3, 0.4) is 0 Å². The smallest absolute Gasteiger partial charge is 0.231 e. The summed E-state index contributed by atoms with van der Waals surface area (Å²) >= 11 is 0. The highest BCUT2D eigenvalue weighted by atomic mass is 16.7. The van der Waals surface area contributed by atoms with Crippen molar-refractivity contribution in [3.05, 3.63) is 23.8 Å². The number of rotatable bonds is 2. The van der Waals surface area contributed by atoms with Gasteiger partial charge < -0.3 is 14.3 Å². The van der Waals surface area contributed by atoms with E-state index in [4.69, 9.17) is 9.47 Å². The zero-order valence-corrected chi connectivity index (χ0v) is 9.66. The second kappa shape index (κ2) is 4.16. The van der Waals surface area contributed by atoms with Crippen LogP contribution in [0.1, 0.15) is 32.3 Å². The first kappa shape index (κ1) is 11.0. The summed E-state index contributed by atoms with van der Waals surface area (Å²) < 4.78 is 10.5. The van der Waals surface area contributed by atoms with Crippen molar-refractivity contribution in [2.75, 3.05) is 6.79 Å². The number of hydrogen-bond acceptors (Lipinski definition) is 3. The van der Waals surface area contributed by atoms with Crippen LogP contribution in [-0.4, -0.2) is 13.1 Å². The molecule has 1 heterocycles. The van der Waals surface area contributed by atoms with Gasteiger partial charge in [0.15, 0.2) is 11.5 Å². The lowest BCUT2D eigenvalue weighted by molar-refractivity contribution is -0.109. The predicted octanol–water partition coefficient (Wildman–Crippen LogP) is 2.67. The van der Waals surface area contributed by atoms with Gasteiger partial charge >= 0.3 is 0 Å². The zero-order chi connectivity index (χ0) is 11.6. The molecule has 86 valence electrons. The van der Waals surface area contributed by atoms with Crippen LogP contribution in [0.4, 0.5) is 0 Å². The summed E-state index contributed by atoms with van der Waals surface area (Å²) in [6.45, 7) is 4.28. The number of benzene rings is 1. The van der Waals surface area contributed by atoms with Gasteiger partial charge in [0.1, 0.15) is 6.29 Å². The van der Waals surface area contributed by atoms with E-state index in [1.54, 1.807) is 0 Å². The first-order valence-electron chi connectivity index (χ1n) is 5.71. The zero-order valence-electron chi connectivity index (χ0n) is 9.66. The molecular weight excluding hydrogens is 204 g/mol. The Morgan fingerprint density at radius 2 is 1.88 bits per heavy atom. The van der Waals surface area contributed by atoms with E-state index in [0.717, 1.165) is 36.2 Å². The SMILES string of the molecule is CC.O=CC1(c2ccc3c(c2)OCO3)CC1. The molecule has 1 saturated carbocycles. The van der Waals surface area contributed by atoms with Gasteiger partial charge in [0.25, 0.3) is 0 Å². The third-order valence-electron chi connectivity index (χ3n) is 2.96. The first-order chi connectivity index (χ1) is 7.84. The molecular formula is C13H16O3. The highest BCUT2D eigenvalue weighted by Crippen LogP contribution is 2.48. The summed E-state index contributed by atoms with van der Waals surface area (Å²) in [6.07, 6.45) is 2.96. The Bertz CT molecular complexity index is 394. The molecule has 2 aliphatic rings. The molecule has 0 saturated heterocycles. The highest BCUT2D eigenvalue weighted by Gasteiger charge is 2.44. The van der Waals surface area contributed by atoms with E-state index in [1.807, 2.05) is 32.0 Å². The third-order valence-corrected chi connectivity index (χ3v) is 2.96. The molecule has 1 aliphatic carbocycles. The Hall–Kier alpha value is -1.51. The molecule has 1 aromatic rings. The van der Waals surface area contributed by atoms with Crippen LogP contribution in [0.5, 0.6) is 11.5 Å². The molecule has 0 amide bonds. The van der Waals surface area contributed by atoms with Gasteiger partial charge in [-0.1, -0.05) is 19.9 Å². The summed E-state index contributed by atoms with van der Waals surface area (Å²) in [6, 6.07) is 5.75. The van der Waals surface area contributed by atoms with Crippen LogP contribution in [0, 0.1) is 0 Å². The van der Waals surface area contributed by atoms with Gasteiger partial charge in [0.2, 0.25) is 6.79 Å². The standard InChI is InChI=1S/C11H10O3.C2H6/c12-6-11(3-4-11)8-1-2-9-10(5-8)14-7-13-9;1-2/h1-2,5-6H,3-4,7H2;1-2H3. The fourth-order valence-corrected chi connectivity index (χ4v) is 1.82. The maximum Gasteiger partial charge on any atom is 0.231 e. The monoisotopic (exact) mass is 220 g/mol. The number of hydrogen-bond donors (Lipinski definition) is 0. The number of carbonyl (C=O) groups is 1. The van der Waals surface area contributed by atoms with Crippen molar-refractivity contribution in [2.24, 2.45) is 0 Å². The molecule has 16 heavy (non-hydrogen) atoms. The second-order valence-electron chi connectivity index (χ2n) is 3.84. The molecule has 1 aromatic carbocycles. The van der Waals surface area contributed by atoms with Crippen LogP contribution >= 0.6 is 0 Å². The molecule has 0 aromatic heterocycles. The van der Waals surface area contributed by atoms with E-state index in [9.17, 15) is 4.79 Å². The molecule has 1 fully saturated rings. The van der Waals surface area contributed by atoms with Gasteiger partial charge in [-0.3, -0.25) is 0 Å². The van der Waals surface area contributed by atoms with Gasteiger partial charge in [0, 0.05) is 0 Å². The Balaban J connectivity index is 0.000000457. The van der Waals surface area contributed by atoms with Crippen molar-refractivity contribution < 1.29 is 14.3 Å². The summed E-state index contributed by atoms with van der Waals surface area (Å²) in [7, 11) is 0. The van der Waals surface area contributed by atoms with Crippen molar-refractivity contribution in [1.82, 2.24) is 0 Å². The quantitative estimate of drug-likeness (QED) is 0.719. The molecule has 3 nitrogen and oxygen atoms in total. The fourth-order valence-electron chi connectivity index (χ4n) is 1.82. The number of carbonyl (C=O) groups excluding carboxylic acids is 1. The van der Waals surface area contributed by atoms with Crippen LogP contribution in [0.15, 0.2) is 18.2 Å². The minimum Gasteiger partial charge on any atom is -0.454 e. The largest absolute Gasteiger partial charge is 0.454 e. The Kier molecular flexibility index (Phi) is 2.86. The molecule has 0 radical (unpaired) electrons. The lowest BCUT2D eigenvalue weighted by Crippen LogP contribution is -2.07. The second-order valence-corrected chi connectivity index (χ2v) is 3.84. The maximum atomic E-state index is 10.9. The highest BCUT2D eigenvalue weighted by molar-refractivity contribution is 5.73. The molecule has 3 rings (SSSR count). The van der Waals surface area contributed by atoms with Crippen LogP contribution in [0.2, 0.25) is 0 Å². The fraction of sp³-hybridized carbons (Fsp3) is 0.462. The first-order valence-corrected chi connectivity index (χ1v) is 5.71.